The summed E-state index contributed by atoms with van der Waals surface area (Å²) >= 11 is 1.48. The molecule has 2 rings (SSSR count). The van der Waals surface area contributed by atoms with Gasteiger partial charge in [0.15, 0.2) is 0 Å². The molecular formula is C12H20N2O4S. The number of urea groups is 1. The van der Waals surface area contributed by atoms with Crippen molar-refractivity contribution in [2.24, 2.45) is 5.92 Å². The molecule has 2 aliphatic rings. The Morgan fingerprint density at radius 1 is 1.42 bits per heavy atom. The van der Waals surface area contributed by atoms with Crippen molar-refractivity contribution in [2.45, 2.75) is 25.5 Å². The van der Waals surface area contributed by atoms with Gasteiger partial charge in [-0.15, -0.1) is 11.8 Å². The SMILES string of the molecule is COC1CN(C(=O)N2CSCC2C(=O)O)CCC1C. The molecule has 6 nitrogen and oxygen atoms in total. The average Bonchev–Trinajstić information content (AvgIpc) is 2.87. The number of carboxylic acids is 1. The van der Waals surface area contributed by atoms with Crippen LogP contribution in [-0.4, -0.2) is 70.9 Å². The summed E-state index contributed by atoms with van der Waals surface area (Å²) in [5.41, 5.74) is 0. The Kier molecular flexibility index (Phi) is 4.57. The molecule has 2 fully saturated rings. The largest absolute Gasteiger partial charge is 0.480 e. The van der Waals surface area contributed by atoms with E-state index in [0.29, 0.717) is 30.6 Å². The van der Waals surface area contributed by atoms with E-state index in [2.05, 4.69) is 6.92 Å². The lowest BCUT2D eigenvalue weighted by atomic mass is 9.96. The van der Waals surface area contributed by atoms with Gasteiger partial charge in [0.1, 0.15) is 6.04 Å². The number of hydrogen-bond donors (Lipinski definition) is 1. The van der Waals surface area contributed by atoms with Gasteiger partial charge in [0.25, 0.3) is 0 Å². The number of likely N-dealkylation sites (tertiary alicyclic amines) is 1. The van der Waals surface area contributed by atoms with Crippen LogP contribution in [0.1, 0.15) is 13.3 Å². The number of rotatable bonds is 2. The Bertz CT molecular complexity index is 366. The zero-order valence-corrected chi connectivity index (χ0v) is 12.1. The zero-order chi connectivity index (χ0) is 14.0. The van der Waals surface area contributed by atoms with Gasteiger partial charge in [-0.05, 0) is 12.3 Å². The van der Waals surface area contributed by atoms with Crippen LogP contribution in [0.5, 0.6) is 0 Å². The molecule has 2 amide bonds. The topological polar surface area (TPSA) is 70.1 Å². The minimum Gasteiger partial charge on any atom is -0.480 e. The molecule has 1 N–H and O–H groups in total. The van der Waals surface area contributed by atoms with Crippen LogP contribution >= 0.6 is 11.8 Å². The fourth-order valence-electron chi connectivity index (χ4n) is 2.53. The number of piperidine rings is 1. The summed E-state index contributed by atoms with van der Waals surface area (Å²) in [6.45, 7) is 3.33. The van der Waals surface area contributed by atoms with E-state index in [1.54, 1.807) is 12.0 Å². The highest BCUT2D eigenvalue weighted by Gasteiger charge is 2.38. The monoisotopic (exact) mass is 288 g/mol. The zero-order valence-electron chi connectivity index (χ0n) is 11.2. The third-order valence-electron chi connectivity index (χ3n) is 3.88. The van der Waals surface area contributed by atoms with Crippen LogP contribution in [-0.2, 0) is 9.53 Å². The maximum absolute atomic E-state index is 12.4. The van der Waals surface area contributed by atoms with E-state index in [4.69, 9.17) is 9.84 Å². The average molecular weight is 288 g/mol. The molecule has 7 heteroatoms. The summed E-state index contributed by atoms with van der Waals surface area (Å²) < 4.78 is 5.39. The molecule has 2 heterocycles. The molecule has 0 aromatic carbocycles. The lowest BCUT2D eigenvalue weighted by Crippen LogP contribution is -2.54. The number of amides is 2. The molecule has 3 unspecified atom stereocenters. The third kappa shape index (κ3) is 2.97. The van der Waals surface area contributed by atoms with Gasteiger partial charge in [0.05, 0.1) is 12.0 Å². The summed E-state index contributed by atoms with van der Waals surface area (Å²) in [7, 11) is 1.65. The van der Waals surface area contributed by atoms with Crippen molar-refractivity contribution in [3.8, 4) is 0 Å². The molecule has 0 spiro atoms. The molecular weight excluding hydrogens is 268 g/mol. The first-order valence-electron chi connectivity index (χ1n) is 6.43. The van der Waals surface area contributed by atoms with Crippen molar-refractivity contribution in [1.82, 2.24) is 9.80 Å². The summed E-state index contributed by atoms with van der Waals surface area (Å²) in [6.07, 6.45) is 0.930. The molecule has 19 heavy (non-hydrogen) atoms. The highest BCUT2D eigenvalue weighted by Crippen LogP contribution is 2.25. The molecule has 0 bridgehead atoms. The van der Waals surface area contributed by atoms with Gasteiger partial charge in [-0.1, -0.05) is 6.92 Å². The van der Waals surface area contributed by atoms with Gasteiger partial charge in [-0.2, -0.15) is 0 Å². The minimum absolute atomic E-state index is 0.0382. The van der Waals surface area contributed by atoms with E-state index in [1.165, 1.54) is 16.7 Å². The second-order valence-electron chi connectivity index (χ2n) is 5.09. The van der Waals surface area contributed by atoms with Crippen LogP contribution in [0.2, 0.25) is 0 Å². The van der Waals surface area contributed by atoms with E-state index in [0.717, 1.165) is 6.42 Å². The molecule has 3 atom stereocenters. The van der Waals surface area contributed by atoms with Crippen LogP contribution in [0.3, 0.4) is 0 Å². The first-order chi connectivity index (χ1) is 9.04. The Labute approximate surface area is 117 Å². The molecule has 0 aromatic heterocycles. The number of ether oxygens (including phenoxy) is 1. The van der Waals surface area contributed by atoms with Crippen LogP contribution in [0.25, 0.3) is 0 Å². The number of nitrogens with zero attached hydrogens (tertiary/aromatic N) is 2. The standard InChI is InChI=1S/C12H20N2O4S/c1-8-3-4-13(5-10(8)18-2)12(17)14-7-19-6-9(14)11(15)16/h8-10H,3-7H2,1-2H3,(H,15,16). The van der Waals surface area contributed by atoms with E-state index >= 15 is 0 Å². The first-order valence-corrected chi connectivity index (χ1v) is 7.59. The number of hydrogen-bond acceptors (Lipinski definition) is 4. The number of carbonyl (C=O) groups excluding carboxylic acids is 1. The van der Waals surface area contributed by atoms with Crippen molar-refractivity contribution in [3.05, 3.63) is 0 Å². The maximum atomic E-state index is 12.4. The van der Waals surface area contributed by atoms with E-state index in [9.17, 15) is 9.59 Å². The summed E-state index contributed by atoms with van der Waals surface area (Å²) in [5.74, 6) is 0.433. The molecule has 0 saturated carbocycles. The Balaban J connectivity index is 2.01. The highest BCUT2D eigenvalue weighted by atomic mass is 32.2. The molecule has 0 aliphatic carbocycles. The molecule has 2 saturated heterocycles. The highest BCUT2D eigenvalue weighted by molar-refractivity contribution is 7.99. The maximum Gasteiger partial charge on any atom is 0.327 e. The van der Waals surface area contributed by atoms with Crippen molar-refractivity contribution in [1.29, 1.82) is 0 Å². The van der Waals surface area contributed by atoms with Gasteiger partial charge in [-0.25, -0.2) is 9.59 Å². The van der Waals surface area contributed by atoms with Gasteiger partial charge in [0.2, 0.25) is 0 Å². The van der Waals surface area contributed by atoms with Crippen molar-refractivity contribution < 1.29 is 19.4 Å². The van der Waals surface area contributed by atoms with Crippen LogP contribution in [0.4, 0.5) is 4.79 Å². The lowest BCUT2D eigenvalue weighted by molar-refractivity contribution is -0.141. The van der Waals surface area contributed by atoms with Crippen molar-refractivity contribution in [3.63, 3.8) is 0 Å². The molecule has 0 aromatic rings. The summed E-state index contributed by atoms with van der Waals surface area (Å²) in [6, 6.07) is -0.871. The second-order valence-corrected chi connectivity index (χ2v) is 6.09. The molecule has 2 aliphatic heterocycles. The molecule has 0 radical (unpaired) electrons. The minimum atomic E-state index is -0.924. The van der Waals surface area contributed by atoms with Crippen molar-refractivity contribution in [2.75, 3.05) is 31.8 Å². The Morgan fingerprint density at radius 3 is 2.79 bits per heavy atom. The van der Waals surface area contributed by atoms with Crippen LogP contribution < -0.4 is 0 Å². The van der Waals surface area contributed by atoms with Crippen LogP contribution in [0.15, 0.2) is 0 Å². The second kappa shape index (κ2) is 6.00. The van der Waals surface area contributed by atoms with Crippen LogP contribution in [0, 0.1) is 5.92 Å². The number of thioether (sulfide) groups is 1. The number of methoxy groups -OCH3 is 1. The normalized spacial score (nSPS) is 31.6. The fourth-order valence-corrected chi connectivity index (χ4v) is 3.67. The van der Waals surface area contributed by atoms with Gasteiger partial charge < -0.3 is 19.6 Å². The smallest absolute Gasteiger partial charge is 0.327 e. The predicted octanol–water partition coefficient (Wildman–Crippen LogP) is 0.923. The lowest BCUT2D eigenvalue weighted by Gasteiger charge is -2.38. The first kappa shape index (κ1) is 14.5. The number of carbonyl (C=O) groups is 2. The number of aliphatic carboxylic acids is 1. The fraction of sp³-hybridized carbons (Fsp3) is 0.833. The summed E-state index contributed by atoms with van der Waals surface area (Å²) in [4.78, 5) is 26.7. The summed E-state index contributed by atoms with van der Waals surface area (Å²) in [5, 5.41) is 9.12. The molecule has 108 valence electrons. The van der Waals surface area contributed by atoms with Gasteiger partial charge in [0, 0.05) is 26.0 Å². The Hall–Kier alpha value is -0.950. The van der Waals surface area contributed by atoms with E-state index < -0.39 is 12.0 Å². The predicted molar refractivity (Wildman–Crippen MR) is 72.1 cm³/mol. The van der Waals surface area contributed by atoms with Crippen molar-refractivity contribution >= 4 is 23.8 Å². The Morgan fingerprint density at radius 2 is 2.16 bits per heavy atom. The quantitative estimate of drug-likeness (QED) is 0.818. The van der Waals surface area contributed by atoms with Gasteiger partial charge in [-0.3, -0.25) is 0 Å². The van der Waals surface area contributed by atoms with E-state index in [-0.39, 0.29) is 12.1 Å². The van der Waals surface area contributed by atoms with E-state index in [1.807, 2.05) is 0 Å². The number of carboxylic acid groups (broad SMARTS) is 1. The van der Waals surface area contributed by atoms with Gasteiger partial charge >= 0.3 is 12.0 Å². The third-order valence-corrected chi connectivity index (χ3v) is 4.89.